The Kier molecular flexibility index (Phi) is 2.49. The van der Waals surface area contributed by atoms with Gasteiger partial charge in [-0.05, 0) is 24.3 Å². The van der Waals surface area contributed by atoms with Crippen molar-refractivity contribution in [3.05, 3.63) is 36.7 Å². The predicted molar refractivity (Wildman–Crippen MR) is 58.4 cm³/mol. The number of methoxy groups -OCH3 is 1. The maximum atomic E-state index is 5.68. The van der Waals surface area contributed by atoms with Crippen molar-refractivity contribution in [2.24, 2.45) is 0 Å². The van der Waals surface area contributed by atoms with Crippen LogP contribution in [-0.4, -0.2) is 17.1 Å². The Bertz CT molecular complexity index is 471. The highest BCUT2D eigenvalue weighted by Crippen LogP contribution is 2.25. The SMILES string of the molecule is COc1cccnc1-c1cc(N)ccn1. The van der Waals surface area contributed by atoms with Crippen molar-refractivity contribution in [1.82, 2.24) is 9.97 Å². The summed E-state index contributed by atoms with van der Waals surface area (Å²) in [5.74, 6) is 0.690. The van der Waals surface area contributed by atoms with Gasteiger partial charge in [0.05, 0.1) is 12.8 Å². The van der Waals surface area contributed by atoms with E-state index in [1.54, 1.807) is 31.6 Å². The van der Waals surface area contributed by atoms with E-state index in [1.165, 1.54) is 0 Å². The van der Waals surface area contributed by atoms with Crippen molar-refractivity contribution in [1.29, 1.82) is 0 Å². The van der Waals surface area contributed by atoms with Gasteiger partial charge in [0.1, 0.15) is 11.4 Å². The molecule has 2 heterocycles. The number of hydrogen-bond acceptors (Lipinski definition) is 4. The molecule has 0 aliphatic heterocycles. The largest absolute Gasteiger partial charge is 0.494 e. The summed E-state index contributed by atoms with van der Waals surface area (Å²) in [5.41, 5.74) is 7.76. The molecule has 2 rings (SSSR count). The van der Waals surface area contributed by atoms with Gasteiger partial charge in [0.2, 0.25) is 0 Å². The summed E-state index contributed by atoms with van der Waals surface area (Å²) in [4.78, 5) is 8.41. The first-order valence-corrected chi connectivity index (χ1v) is 4.52. The van der Waals surface area contributed by atoms with Crippen LogP contribution in [0, 0.1) is 0 Å². The van der Waals surface area contributed by atoms with Gasteiger partial charge in [-0.15, -0.1) is 0 Å². The molecule has 0 saturated carbocycles. The van der Waals surface area contributed by atoms with Crippen LogP contribution < -0.4 is 10.5 Å². The second-order valence-corrected chi connectivity index (χ2v) is 3.03. The maximum absolute atomic E-state index is 5.68. The summed E-state index contributed by atoms with van der Waals surface area (Å²) in [5, 5.41) is 0. The smallest absolute Gasteiger partial charge is 0.146 e. The molecule has 0 aliphatic carbocycles. The summed E-state index contributed by atoms with van der Waals surface area (Å²) in [6.07, 6.45) is 3.35. The normalized spacial score (nSPS) is 9.93. The van der Waals surface area contributed by atoms with Crippen LogP contribution in [0.2, 0.25) is 0 Å². The molecule has 76 valence electrons. The number of ether oxygens (including phenoxy) is 1. The van der Waals surface area contributed by atoms with Gasteiger partial charge in [0, 0.05) is 18.1 Å². The number of nitrogens with two attached hydrogens (primary N) is 1. The van der Waals surface area contributed by atoms with Crippen molar-refractivity contribution in [2.45, 2.75) is 0 Å². The van der Waals surface area contributed by atoms with E-state index in [1.807, 2.05) is 12.1 Å². The maximum Gasteiger partial charge on any atom is 0.146 e. The molecular formula is C11H11N3O. The number of rotatable bonds is 2. The molecule has 0 amide bonds. The van der Waals surface area contributed by atoms with E-state index in [-0.39, 0.29) is 0 Å². The molecule has 2 N–H and O–H groups in total. The quantitative estimate of drug-likeness (QED) is 0.803. The highest BCUT2D eigenvalue weighted by molar-refractivity contribution is 5.65. The first-order valence-electron chi connectivity index (χ1n) is 4.52. The van der Waals surface area contributed by atoms with Gasteiger partial charge in [-0.1, -0.05) is 0 Å². The molecule has 0 radical (unpaired) electrons. The summed E-state index contributed by atoms with van der Waals surface area (Å²) in [7, 11) is 1.60. The van der Waals surface area contributed by atoms with Crippen LogP contribution in [0.5, 0.6) is 5.75 Å². The Morgan fingerprint density at radius 3 is 2.80 bits per heavy atom. The van der Waals surface area contributed by atoms with Gasteiger partial charge in [-0.25, -0.2) is 0 Å². The molecule has 15 heavy (non-hydrogen) atoms. The van der Waals surface area contributed by atoms with Crippen LogP contribution >= 0.6 is 0 Å². The minimum Gasteiger partial charge on any atom is -0.494 e. The molecule has 4 nitrogen and oxygen atoms in total. The fourth-order valence-electron chi connectivity index (χ4n) is 1.32. The first-order chi connectivity index (χ1) is 7.31. The van der Waals surface area contributed by atoms with Crippen molar-refractivity contribution in [3.8, 4) is 17.1 Å². The van der Waals surface area contributed by atoms with Crippen LogP contribution in [0.15, 0.2) is 36.7 Å². The average molecular weight is 201 g/mol. The fraction of sp³-hybridized carbons (Fsp3) is 0.0909. The Balaban J connectivity index is 2.53. The van der Waals surface area contributed by atoms with E-state index in [2.05, 4.69) is 9.97 Å². The van der Waals surface area contributed by atoms with Gasteiger partial charge in [0.25, 0.3) is 0 Å². The average Bonchev–Trinajstić information content (AvgIpc) is 2.29. The molecular weight excluding hydrogens is 190 g/mol. The lowest BCUT2D eigenvalue weighted by molar-refractivity contribution is 0.414. The summed E-state index contributed by atoms with van der Waals surface area (Å²) < 4.78 is 5.20. The zero-order valence-electron chi connectivity index (χ0n) is 8.34. The minimum atomic E-state index is 0.660. The number of nitrogen functional groups attached to an aromatic ring is 1. The number of nitrogens with zero attached hydrogens (tertiary/aromatic N) is 2. The lowest BCUT2D eigenvalue weighted by Gasteiger charge is -2.06. The molecule has 4 heteroatoms. The minimum absolute atomic E-state index is 0.660. The second kappa shape index (κ2) is 3.96. The standard InChI is InChI=1S/C11H11N3O/c1-15-10-3-2-5-14-11(10)9-7-8(12)4-6-13-9/h2-7H,1H3,(H2,12,13). The highest BCUT2D eigenvalue weighted by Gasteiger charge is 2.07. The van der Waals surface area contributed by atoms with E-state index < -0.39 is 0 Å². The molecule has 0 atom stereocenters. The van der Waals surface area contributed by atoms with Crippen molar-refractivity contribution < 1.29 is 4.74 Å². The summed E-state index contributed by atoms with van der Waals surface area (Å²) in [6, 6.07) is 7.16. The topological polar surface area (TPSA) is 61.0 Å². The molecule has 2 aromatic heterocycles. The van der Waals surface area contributed by atoms with Gasteiger partial charge in [0.15, 0.2) is 0 Å². The van der Waals surface area contributed by atoms with Crippen LogP contribution in [0.25, 0.3) is 11.4 Å². The highest BCUT2D eigenvalue weighted by atomic mass is 16.5. The summed E-state index contributed by atoms with van der Waals surface area (Å²) in [6.45, 7) is 0. The molecule has 0 bridgehead atoms. The third-order valence-corrected chi connectivity index (χ3v) is 2.02. The number of pyridine rings is 2. The number of anilines is 1. The van der Waals surface area contributed by atoms with Gasteiger partial charge >= 0.3 is 0 Å². The van der Waals surface area contributed by atoms with Crippen LogP contribution in [0.4, 0.5) is 5.69 Å². The lowest BCUT2D eigenvalue weighted by atomic mass is 10.2. The Morgan fingerprint density at radius 1 is 1.20 bits per heavy atom. The zero-order valence-corrected chi connectivity index (χ0v) is 8.34. The van der Waals surface area contributed by atoms with Crippen molar-refractivity contribution >= 4 is 5.69 Å². The molecule has 0 saturated heterocycles. The van der Waals surface area contributed by atoms with E-state index >= 15 is 0 Å². The van der Waals surface area contributed by atoms with Crippen molar-refractivity contribution in [3.63, 3.8) is 0 Å². The lowest BCUT2D eigenvalue weighted by Crippen LogP contribution is -1.94. The Morgan fingerprint density at radius 2 is 2.07 bits per heavy atom. The van der Waals surface area contributed by atoms with Crippen LogP contribution in [-0.2, 0) is 0 Å². The zero-order chi connectivity index (χ0) is 10.7. The Hall–Kier alpha value is -2.10. The van der Waals surface area contributed by atoms with E-state index in [4.69, 9.17) is 10.5 Å². The van der Waals surface area contributed by atoms with Gasteiger partial charge < -0.3 is 10.5 Å². The van der Waals surface area contributed by atoms with Crippen LogP contribution in [0.1, 0.15) is 0 Å². The monoisotopic (exact) mass is 201 g/mol. The molecule has 0 aliphatic rings. The van der Waals surface area contributed by atoms with Crippen molar-refractivity contribution in [2.75, 3.05) is 12.8 Å². The molecule has 0 spiro atoms. The van der Waals surface area contributed by atoms with E-state index in [0.29, 0.717) is 22.8 Å². The molecule has 2 aromatic rings. The first kappa shape index (κ1) is 9.45. The number of aromatic nitrogens is 2. The van der Waals surface area contributed by atoms with E-state index in [0.717, 1.165) is 0 Å². The Labute approximate surface area is 87.7 Å². The van der Waals surface area contributed by atoms with E-state index in [9.17, 15) is 0 Å². The van der Waals surface area contributed by atoms with Gasteiger partial charge in [-0.2, -0.15) is 0 Å². The predicted octanol–water partition coefficient (Wildman–Crippen LogP) is 1.73. The number of hydrogen-bond donors (Lipinski definition) is 1. The third kappa shape index (κ3) is 1.88. The van der Waals surface area contributed by atoms with Gasteiger partial charge in [-0.3, -0.25) is 9.97 Å². The fourth-order valence-corrected chi connectivity index (χ4v) is 1.32. The van der Waals surface area contributed by atoms with Crippen LogP contribution in [0.3, 0.4) is 0 Å². The summed E-state index contributed by atoms with van der Waals surface area (Å²) >= 11 is 0. The molecule has 0 unspecified atom stereocenters. The molecule has 0 fully saturated rings. The second-order valence-electron chi connectivity index (χ2n) is 3.03. The third-order valence-electron chi connectivity index (χ3n) is 2.02. The molecule has 0 aromatic carbocycles.